The zero-order valence-corrected chi connectivity index (χ0v) is 20.3. The van der Waals surface area contributed by atoms with Crippen LogP contribution in [0.3, 0.4) is 0 Å². The number of rotatable bonds is 8. The molecule has 0 saturated carbocycles. The first-order valence-corrected chi connectivity index (χ1v) is 11.8. The summed E-state index contributed by atoms with van der Waals surface area (Å²) in [5, 5.41) is 14.8. The second-order valence-electron chi connectivity index (χ2n) is 8.39. The smallest absolute Gasteiger partial charge is 0.334 e. The number of aromatic nitrogens is 8. The minimum absolute atomic E-state index is 0.131. The van der Waals surface area contributed by atoms with Crippen LogP contribution in [0.25, 0.3) is 28.3 Å². The van der Waals surface area contributed by atoms with Gasteiger partial charge in [-0.15, -0.1) is 5.10 Å². The van der Waals surface area contributed by atoms with Gasteiger partial charge in [-0.1, -0.05) is 55.3 Å². The van der Waals surface area contributed by atoms with Crippen LogP contribution in [0.4, 0.5) is 0 Å². The minimum atomic E-state index is -0.131. The van der Waals surface area contributed by atoms with Gasteiger partial charge in [-0.2, -0.15) is 0 Å². The minimum Gasteiger partial charge on any atom is -0.336 e. The largest absolute Gasteiger partial charge is 0.336 e. The number of unbranched alkanes of at least 4 members (excludes halogenated alkanes) is 1. The lowest BCUT2D eigenvalue weighted by Crippen LogP contribution is -2.26. The van der Waals surface area contributed by atoms with E-state index in [1.165, 1.54) is 0 Å². The summed E-state index contributed by atoms with van der Waals surface area (Å²) in [4.78, 5) is 18.1. The van der Waals surface area contributed by atoms with Gasteiger partial charge in [-0.25, -0.2) is 9.89 Å². The van der Waals surface area contributed by atoms with Crippen molar-refractivity contribution in [3.8, 4) is 28.3 Å². The predicted molar refractivity (Wildman–Crippen MR) is 135 cm³/mol. The van der Waals surface area contributed by atoms with Gasteiger partial charge in [-0.05, 0) is 41.0 Å². The van der Waals surface area contributed by atoms with Crippen LogP contribution in [0, 0.1) is 0 Å². The van der Waals surface area contributed by atoms with Crippen molar-refractivity contribution in [2.75, 3.05) is 0 Å². The molecule has 0 amide bonds. The van der Waals surface area contributed by atoms with Gasteiger partial charge in [0.1, 0.15) is 5.82 Å². The van der Waals surface area contributed by atoms with E-state index < -0.39 is 0 Å². The highest BCUT2D eigenvalue weighted by Gasteiger charge is 2.17. The molecule has 4 aromatic heterocycles. The van der Waals surface area contributed by atoms with Crippen molar-refractivity contribution in [1.29, 1.82) is 0 Å². The lowest BCUT2D eigenvalue weighted by Gasteiger charge is -2.09. The summed E-state index contributed by atoms with van der Waals surface area (Å²) < 4.78 is 5.27. The Kier molecular flexibility index (Phi) is 6.33. The summed E-state index contributed by atoms with van der Waals surface area (Å²) >= 11 is 6.39. The molecule has 10 heteroatoms. The van der Waals surface area contributed by atoms with Gasteiger partial charge >= 0.3 is 5.69 Å². The third-order valence-electron chi connectivity index (χ3n) is 6.05. The molecule has 0 aliphatic rings. The number of aryl methyl sites for hydroxylation is 2. The van der Waals surface area contributed by atoms with Crippen molar-refractivity contribution in [1.82, 2.24) is 39.3 Å². The highest BCUT2D eigenvalue weighted by atomic mass is 35.5. The van der Waals surface area contributed by atoms with E-state index >= 15 is 0 Å². The number of benzene rings is 1. The van der Waals surface area contributed by atoms with Crippen LogP contribution in [0.15, 0.2) is 65.8 Å². The van der Waals surface area contributed by atoms with Crippen molar-refractivity contribution in [3.63, 3.8) is 0 Å². The molecule has 4 heterocycles. The van der Waals surface area contributed by atoms with Crippen LogP contribution in [-0.4, -0.2) is 39.3 Å². The molecular formula is C25H25ClN8O. The Balaban J connectivity index is 1.48. The number of imidazole rings is 1. The molecule has 178 valence electrons. The maximum absolute atomic E-state index is 13.4. The monoisotopic (exact) mass is 488 g/mol. The number of nitrogens with one attached hydrogen (secondary N) is 1. The topological polar surface area (TPSA) is 99.2 Å². The number of hydrogen-bond donors (Lipinski definition) is 1. The summed E-state index contributed by atoms with van der Waals surface area (Å²) in [6, 6.07) is 13.6. The van der Waals surface area contributed by atoms with Crippen LogP contribution >= 0.6 is 11.6 Å². The molecule has 0 spiro atoms. The predicted octanol–water partition coefficient (Wildman–Crippen LogP) is 4.26. The van der Waals surface area contributed by atoms with Gasteiger partial charge in [0.2, 0.25) is 0 Å². The van der Waals surface area contributed by atoms with E-state index in [4.69, 9.17) is 11.6 Å². The van der Waals surface area contributed by atoms with Crippen molar-refractivity contribution in [2.45, 2.75) is 32.7 Å². The molecule has 0 aliphatic carbocycles. The number of halogens is 1. The van der Waals surface area contributed by atoms with Crippen LogP contribution in [-0.2, 0) is 20.0 Å². The molecule has 9 nitrogen and oxygen atoms in total. The third kappa shape index (κ3) is 4.42. The Morgan fingerprint density at radius 2 is 1.91 bits per heavy atom. The van der Waals surface area contributed by atoms with Crippen LogP contribution in [0.5, 0.6) is 0 Å². The van der Waals surface area contributed by atoms with Gasteiger partial charge < -0.3 is 4.57 Å². The second kappa shape index (κ2) is 9.71. The molecule has 0 saturated heterocycles. The van der Waals surface area contributed by atoms with Crippen LogP contribution < -0.4 is 5.69 Å². The fourth-order valence-electron chi connectivity index (χ4n) is 4.23. The van der Waals surface area contributed by atoms with Crippen molar-refractivity contribution < 1.29 is 0 Å². The maximum atomic E-state index is 13.4. The third-order valence-corrected chi connectivity index (χ3v) is 6.35. The van der Waals surface area contributed by atoms with Crippen molar-refractivity contribution in [3.05, 3.63) is 87.9 Å². The van der Waals surface area contributed by atoms with E-state index in [0.717, 1.165) is 47.3 Å². The van der Waals surface area contributed by atoms with E-state index in [9.17, 15) is 4.79 Å². The van der Waals surface area contributed by atoms with E-state index in [1.807, 2.05) is 66.6 Å². The van der Waals surface area contributed by atoms with Gasteiger partial charge in [0.25, 0.3) is 0 Å². The first kappa shape index (κ1) is 22.8. The highest BCUT2D eigenvalue weighted by molar-refractivity contribution is 6.32. The SMILES string of the molecule is CCCCc1cn(-c2c(Cl)ccn2C)c(=O)n1Cc1ccc(-c2ccccc2-c2nnn[nH]2)cn1. The Morgan fingerprint density at radius 3 is 2.57 bits per heavy atom. The zero-order chi connectivity index (χ0) is 24.4. The fourth-order valence-corrected chi connectivity index (χ4v) is 4.52. The Bertz CT molecular complexity index is 1480. The summed E-state index contributed by atoms with van der Waals surface area (Å²) in [7, 11) is 1.88. The van der Waals surface area contributed by atoms with E-state index in [2.05, 4.69) is 32.5 Å². The van der Waals surface area contributed by atoms with E-state index in [1.54, 1.807) is 15.2 Å². The summed E-state index contributed by atoms with van der Waals surface area (Å²) in [5.74, 6) is 1.26. The Labute approximate surface area is 207 Å². The number of nitrogens with zero attached hydrogens (tertiary/aromatic N) is 7. The summed E-state index contributed by atoms with van der Waals surface area (Å²) in [5.41, 5.74) is 4.42. The average Bonchev–Trinajstić information content (AvgIpc) is 3.60. The molecule has 5 rings (SSSR count). The lowest BCUT2D eigenvalue weighted by atomic mass is 10.0. The van der Waals surface area contributed by atoms with Gasteiger partial charge in [0.15, 0.2) is 5.82 Å². The lowest BCUT2D eigenvalue weighted by molar-refractivity contribution is 0.661. The molecule has 0 bridgehead atoms. The number of aromatic amines is 1. The summed E-state index contributed by atoms with van der Waals surface area (Å²) in [6.07, 6.45) is 8.40. The molecule has 1 aromatic carbocycles. The number of hydrogen-bond acceptors (Lipinski definition) is 5. The van der Waals surface area contributed by atoms with Crippen LogP contribution in [0.1, 0.15) is 31.2 Å². The molecule has 35 heavy (non-hydrogen) atoms. The Hall–Kier alpha value is -3.98. The normalized spacial score (nSPS) is 11.3. The number of tetrazole rings is 1. The van der Waals surface area contributed by atoms with E-state index in [-0.39, 0.29) is 5.69 Å². The molecule has 0 fully saturated rings. The molecular weight excluding hydrogens is 464 g/mol. The number of pyridine rings is 1. The molecule has 5 aromatic rings. The van der Waals surface area contributed by atoms with Gasteiger partial charge in [0.05, 0.1) is 17.3 Å². The Morgan fingerprint density at radius 1 is 1.09 bits per heavy atom. The van der Waals surface area contributed by atoms with Crippen LogP contribution in [0.2, 0.25) is 5.02 Å². The second-order valence-corrected chi connectivity index (χ2v) is 8.80. The zero-order valence-electron chi connectivity index (χ0n) is 19.5. The maximum Gasteiger partial charge on any atom is 0.334 e. The summed E-state index contributed by atoms with van der Waals surface area (Å²) in [6.45, 7) is 2.52. The first-order chi connectivity index (χ1) is 17.1. The average molecular weight is 489 g/mol. The molecule has 0 atom stereocenters. The van der Waals surface area contributed by atoms with E-state index in [0.29, 0.717) is 23.2 Å². The highest BCUT2D eigenvalue weighted by Crippen LogP contribution is 2.29. The van der Waals surface area contributed by atoms with Gasteiger partial charge in [-0.3, -0.25) is 14.1 Å². The number of H-pyrrole nitrogens is 1. The van der Waals surface area contributed by atoms with Crippen molar-refractivity contribution in [2.24, 2.45) is 7.05 Å². The quantitative estimate of drug-likeness (QED) is 0.351. The van der Waals surface area contributed by atoms with Gasteiger partial charge in [0, 0.05) is 42.5 Å². The van der Waals surface area contributed by atoms with Crippen molar-refractivity contribution >= 4 is 11.6 Å². The molecule has 0 aliphatic heterocycles. The molecule has 0 radical (unpaired) electrons. The fraction of sp³-hybridized carbons (Fsp3) is 0.240. The molecule has 0 unspecified atom stereocenters. The standard InChI is InChI=1S/C25H25ClN8O/c1-3-4-7-19-16-34(24-22(26)12-13-32(24)2)25(35)33(19)15-18-11-10-17(14-27-18)20-8-5-6-9-21(20)23-28-30-31-29-23/h5-6,8-14,16H,3-4,7,15H2,1-2H3,(H,28,29,30,31). The first-order valence-electron chi connectivity index (χ1n) is 11.5. The molecule has 1 N–H and O–H groups in total.